The fourth-order valence-electron chi connectivity index (χ4n) is 2.19. The highest BCUT2D eigenvalue weighted by molar-refractivity contribution is 6.64. The summed E-state index contributed by atoms with van der Waals surface area (Å²) in [7, 11) is 0. The predicted molar refractivity (Wildman–Crippen MR) is 71.8 cm³/mol. The molecule has 18 heavy (non-hydrogen) atoms. The zero-order valence-electron chi connectivity index (χ0n) is 9.73. The molecule has 0 aromatic heterocycles. The van der Waals surface area contributed by atoms with Crippen molar-refractivity contribution in [3.05, 3.63) is 20.7 Å². The molecule has 0 spiro atoms. The smallest absolute Gasteiger partial charge is 0.217 e. The van der Waals surface area contributed by atoms with Gasteiger partial charge in [0.25, 0.3) is 0 Å². The Morgan fingerprint density at radius 1 is 1.00 bits per heavy atom. The molecule has 2 rings (SSSR count). The van der Waals surface area contributed by atoms with Crippen molar-refractivity contribution in [3.8, 4) is 0 Å². The first-order valence-corrected chi connectivity index (χ1v) is 6.84. The molecule has 0 bridgehead atoms. The molecule has 2 aliphatic rings. The van der Waals surface area contributed by atoms with Crippen LogP contribution in [0.15, 0.2) is 20.7 Å². The summed E-state index contributed by atoms with van der Waals surface area (Å²) in [6.07, 6.45) is 1.73. The molecule has 6 heteroatoms. The SMILES string of the molecule is CC1CCC(C2=C(Cl)C(=O)C(Cl)=C(Cl)C2=O)NC1. The Hall–Kier alpha value is -0.350. The van der Waals surface area contributed by atoms with Crippen molar-refractivity contribution in [2.45, 2.75) is 25.8 Å². The van der Waals surface area contributed by atoms with Gasteiger partial charge in [-0.3, -0.25) is 9.59 Å². The minimum Gasteiger partial charge on any atom is -0.309 e. The fourth-order valence-corrected chi connectivity index (χ4v) is 2.92. The highest BCUT2D eigenvalue weighted by Crippen LogP contribution is 2.34. The quantitative estimate of drug-likeness (QED) is 0.758. The number of carbonyl (C=O) groups is 2. The van der Waals surface area contributed by atoms with Crippen molar-refractivity contribution in [2.24, 2.45) is 5.92 Å². The lowest BCUT2D eigenvalue weighted by molar-refractivity contribution is -0.115. The van der Waals surface area contributed by atoms with Crippen molar-refractivity contribution in [1.29, 1.82) is 0 Å². The summed E-state index contributed by atoms with van der Waals surface area (Å²) in [6.45, 7) is 2.91. The van der Waals surface area contributed by atoms with Gasteiger partial charge in [-0.05, 0) is 25.3 Å². The van der Waals surface area contributed by atoms with Gasteiger partial charge in [-0.15, -0.1) is 0 Å². The van der Waals surface area contributed by atoms with Crippen molar-refractivity contribution >= 4 is 46.4 Å². The first-order valence-electron chi connectivity index (χ1n) is 5.71. The minimum atomic E-state index is -0.571. The lowest BCUT2D eigenvalue weighted by Crippen LogP contribution is -2.42. The summed E-state index contributed by atoms with van der Waals surface area (Å²) in [5.41, 5.74) is 0.253. The van der Waals surface area contributed by atoms with Crippen LogP contribution in [0.25, 0.3) is 0 Å². The Morgan fingerprint density at radius 3 is 2.17 bits per heavy atom. The highest BCUT2D eigenvalue weighted by Gasteiger charge is 2.37. The molecule has 2 atom stereocenters. The van der Waals surface area contributed by atoms with Gasteiger partial charge in [0.15, 0.2) is 0 Å². The lowest BCUT2D eigenvalue weighted by atomic mass is 9.87. The van der Waals surface area contributed by atoms with Gasteiger partial charge in [-0.1, -0.05) is 41.7 Å². The molecular weight excluding hydrogens is 296 g/mol. The van der Waals surface area contributed by atoms with Crippen LogP contribution in [0.3, 0.4) is 0 Å². The normalized spacial score (nSPS) is 30.2. The Morgan fingerprint density at radius 2 is 1.61 bits per heavy atom. The van der Waals surface area contributed by atoms with Crippen LogP contribution in [0.1, 0.15) is 19.8 Å². The largest absolute Gasteiger partial charge is 0.309 e. The molecule has 0 aromatic carbocycles. The standard InChI is InChI=1S/C12H12Cl3NO2/c1-5-2-3-6(16-4-5)7-8(13)12(18)10(15)9(14)11(7)17/h5-6,16H,2-4H2,1H3. The number of allylic oxidation sites excluding steroid dienone is 3. The second-order valence-corrected chi connectivity index (χ2v) is 5.79. The summed E-state index contributed by atoms with van der Waals surface area (Å²) in [5.74, 6) is -0.471. The number of hydrogen-bond acceptors (Lipinski definition) is 3. The Kier molecular flexibility index (Phi) is 4.17. The van der Waals surface area contributed by atoms with E-state index in [0.717, 1.165) is 19.4 Å². The van der Waals surface area contributed by atoms with Crippen LogP contribution >= 0.6 is 34.8 Å². The third-order valence-corrected chi connectivity index (χ3v) is 4.47. The second-order valence-electron chi connectivity index (χ2n) is 4.66. The first kappa shape index (κ1) is 14.1. The van der Waals surface area contributed by atoms with Crippen molar-refractivity contribution < 1.29 is 9.59 Å². The van der Waals surface area contributed by atoms with Gasteiger partial charge in [-0.25, -0.2) is 0 Å². The van der Waals surface area contributed by atoms with E-state index in [1.807, 2.05) is 0 Å². The van der Waals surface area contributed by atoms with E-state index < -0.39 is 11.6 Å². The van der Waals surface area contributed by atoms with Crippen LogP contribution in [-0.4, -0.2) is 24.2 Å². The van der Waals surface area contributed by atoms with E-state index in [2.05, 4.69) is 12.2 Å². The summed E-state index contributed by atoms with van der Waals surface area (Å²) in [5, 5.41) is 2.58. The number of hydrogen-bond donors (Lipinski definition) is 1. The summed E-state index contributed by atoms with van der Waals surface area (Å²) < 4.78 is 0. The van der Waals surface area contributed by atoms with Gasteiger partial charge in [0.2, 0.25) is 11.6 Å². The third-order valence-electron chi connectivity index (χ3n) is 3.28. The number of halogens is 3. The first-order chi connectivity index (χ1) is 8.43. The Balaban J connectivity index is 2.32. The van der Waals surface area contributed by atoms with E-state index in [1.165, 1.54) is 0 Å². The van der Waals surface area contributed by atoms with Gasteiger partial charge in [0.1, 0.15) is 10.1 Å². The van der Waals surface area contributed by atoms with Crippen molar-refractivity contribution in [3.63, 3.8) is 0 Å². The molecule has 1 aliphatic heterocycles. The summed E-state index contributed by atoms with van der Waals surface area (Å²) >= 11 is 17.4. The number of Topliss-reactive ketones (excluding diaryl/α,β-unsaturated/α-hetero) is 2. The Labute approximate surface area is 120 Å². The molecule has 3 nitrogen and oxygen atoms in total. The van der Waals surface area contributed by atoms with Crippen LogP contribution in [-0.2, 0) is 9.59 Å². The fraction of sp³-hybridized carbons (Fsp3) is 0.500. The molecule has 0 radical (unpaired) electrons. The van der Waals surface area contributed by atoms with Gasteiger partial charge in [-0.2, -0.15) is 0 Å². The molecule has 0 amide bonds. The third kappa shape index (κ3) is 2.37. The van der Waals surface area contributed by atoms with E-state index in [-0.39, 0.29) is 26.7 Å². The molecule has 98 valence electrons. The molecule has 0 aromatic rings. The predicted octanol–water partition coefficient (Wildman–Crippen LogP) is 2.71. The highest BCUT2D eigenvalue weighted by atomic mass is 35.5. The van der Waals surface area contributed by atoms with Crippen LogP contribution in [0, 0.1) is 5.92 Å². The number of carbonyl (C=O) groups excluding carboxylic acids is 2. The topological polar surface area (TPSA) is 46.2 Å². The van der Waals surface area contributed by atoms with Crippen LogP contribution in [0.2, 0.25) is 0 Å². The van der Waals surface area contributed by atoms with E-state index in [1.54, 1.807) is 0 Å². The molecule has 1 heterocycles. The minimum absolute atomic E-state index is 0.110. The molecule has 1 N–H and O–H groups in total. The maximum Gasteiger partial charge on any atom is 0.217 e. The lowest BCUT2D eigenvalue weighted by Gasteiger charge is -2.30. The van der Waals surface area contributed by atoms with E-state index >= 15 is 0 Å². The van der Waals surface area contributed by atoms with Gasteiger partial charge < -0.3 is 5.32 Å². The second kappa shape index (κ2) is 5.33. The molecule has 0 saturated carbocycles. The van der Waals surface area contributed by atoms with Gasteiger partial charge >= 0.3 is 0 Å². The number of piperidine rings is 1. The number of rotatable bonds is 1. The molecule has 1 fully saturated rings. The number of ketones is 2. The summed E-state index contributed by atoms with van der Waals surface area (Å²) in [4.78, 5) is 23.8. The van der Waals surface area contributed by atoms with Gasteiger partial charge in [0, 0.05) is 11.6 Å². The van der Waals surface area contributed by atoms with E-state index in [9.17, 15) is 9.59 Å². The zero-order valence-corrected chi connectivity index (χ0v) is 12.0. The maximum absolute atomic E-state index is 12.1. The average molecular weight is 309 g/mol. The average Bonchev–Trinajstić information content (AvgIpc) is 2.36. The zero-order chi connectivity index (χ0) is 13.4. The molecule has 2 unspecified atom stereocenters. The summed E-state index contributed by atoms with van der Waals surface area (Å²) in [6, 6.07) is -0.219. The van der Waals surface area contributed by atoms with Crippen LogP contribution < -0.4 is 5.32 Å². The van der Waals surface area contributed by atoms with Crippen molar-refractivity contribution in [2.75, 3.05) is 6.54 Å². The Bertz CT molecular complexity index is 474. The molecule has 1 saturated heterocycles. The van der Waals surface area contributed by atoms with Crippen molar-refractivity contribution in [1.82, 2.24) is 5.32 Å². The van der Waals surface area contributed by atoms with Crippen LogP contribution in [0.5, 0.6) is 0 Å². The monoisotopic (exact) mass is 307 g/mol. The van der Waals surface area contributed by atoms with E-state index in [0.29, 0.717) is 5.92 Å². The maximum atomic E-state index is 12.1. The van der Waals surface area contributed by atoms with Gasteiger partial charge in [0.05, 0.1) is 5.03 Å². The van der Waals surface area contributed by atoms with E-state index in [4.69, 9.17) is 34.8 Å². The molecular formula is C12H12Cl3NO2. The molecule has 1 aliphatic carbocycles. The van der Waals surface area contributed by atoms with Crippen LogP contribution in [0.4, 0.5) is 0 Å². The number of nitrogens with one attached hydrogen (secondary N) is 1.